The summed E-state index contributed by atoms with van der Waals surface area (Å²) < 4.78 is 3.74. The van der Waals surface area contributed by atoms with Gasteiger partial charge < -0.3 is 24.8 Å². The largest absolute Gasteiger partial charge is 1.00 e. The first-order valence-electron chi connectivity index (χ1n) is 15.5. The zero-order chi connectivity index (χ0) is 29.8. The van der Waals surface area contributed by atoms with Gasteiger partial charge in [0.1, 0.15) is 0 Å². The van der Waals surface area contributed by atoms with Crippen molar-refractivity contribution in [1.29, 1.82) is 0 Å². The van der Waals surface area contributed by atoms with Gasteiger partial charge in [-0.3, -0.25) is 0 Å². The normalized spacial score (nSPS) is 13.7. The van der Waals surface area contributed by atoms with Crippen molar-refractivity contribution in [2.75, 3.05) is 0 Å². The fraction of sp³-hybridized carbons (Fsp3) is 0.293. The molecule has 0 N–H and O–H groups in total. The van der Waals surface area contributed by atoms with Gasteiger partial charge in [0.2, 0.25) is 0 Å². The molecule has 44 heavy (non-hydrogen) atoms. The minimum atomic E-state index is -2.70. The van der Waals surface area contributed by atoms with Crippen molar-refractivity contribution >= 4 is 3.21 Å². The van der Waals surface area contributed by atoms with Crippen molar-refractivity contribution in [3.05, 3.63) is 151 Å². The van der Waals surface area contributed by atoms with Crippen LogP contribution in [-0.4, -0.2) is 3.21 Å². The number of rotatable bonds is 4. The zero-order valence-electron chi connectivity index (χ0n) is 27.4. The van der Waals surface area contributed by atoms with E-state index in [9.17, 15) is 0 Å². The number of allylic oxidation sites excluding steroid dienone is 4. The Morgan fingerprint density at radius 1 is 0.614 bits per heavy atom. The third-order valence-electron chi connectivity index (χ3n) is 9.10. The second-order valence-corrected chi connectivity index (χ2v) is 20.6. The van der Waals surface area contributed by atoms with E-state index in [4.69, 9.17) is 0 Å². The molecule has 0 saturated carbocycles. The van der Waals surface area contributed by atoms with Gasteiger partial charge in [-0.1, -0.05) is 0 Å². The maximum absolute atomic E-state index is 2.70. The van der Waals surface area contributed by atoms with E-state index in [1.54, 1.807) is 17.6 Å². The molecule has 0 aromatic heterocycles. The number of fused-ring (bicyclic) bond motifs is 3. The van der Waals surface area contributed by atoms with E-state index in [0.29, 0.717) is 3.63 Å². The first-order valence-corrected chi connectivity index (χ1v) is 19.3. The van der Waals surface area contributed by atoms with E-state index < -0.39 is 21.3 Å². The molecule has 0 bridgehead atoms. The molecule has 0 fully saturated rings. The van der Waals surface area contributed by atoms with E-state index in [1.807, 2.05) is 0 Å². The maximum atomic E-state index is 2.59. The Morgan fingerprint density at radius 3 is 1.41 bits per heavy atom. The van der Waals surface area contributed by atoms with Crippen molar-refractivity contribution in [2.45, 2.75) is 76.3 Å². The van der Waals surface area contributed by atoms with Crippen LogP contribution in [0.5, 0.6) is 0 Å². The van der Waals surface area contributed by atoms with Gasteiger partial charge >= 0.3 is 263 Å². The number of halogens is 2. The number of benzene rings is 4. The first-order chi connectivity index (χ1) is 19.9. The van der Waals surface area contributed by atoms with Crippen LogP contribution >= 0.6 is 0 Å². The van der Waals surface area contributed by atoms with E-state index in [0.717, 1.165) is 6.42 Å². The van der Waals surface area contributed by atoms with E-state index in [-0.39, 0.29) is 35.6 Å². The number of hydrogen-bond acceptors (Lipinski definition) is 0. The summed E-state index contributed by atoms with van der Waals surface area (Å²) in [6.07, 6.45) is 8.25. The summed E-state index contributed by atoms with van der Waals surface area (Å²) in [4.78, 5) is 0. The van der Waals surface area contributed by atoms with E-state index in [2.05, 4.69) is 159 Å². The molecule has 0 radical (unpaired) electrons. The Labute approximate surface area is 285 Å². The summed E-state index contributed by atoms with van der Waals surface area (Å²) >= 11 is -2.70. The second-order valence-electron chi connectivity index (χ2n) is 14.4. The molecule has 0 unspecified atom stereocenters. The number of hydrogen-bond donors (Lipinski definition) is 0. The molecule has 0 nitrogen and oxygen atoms in total. The molecule has 0 aliphatic heterocycles. The first kappa shape index (κ1) is 34.6. The molecular weight excluding hydrogens is 655 g/mol. The van der Waals surface area contributed by atoms with Crippen molar-refractivity contribution in [2.24, 2.45) is 0 Å². The molecule has 2 aliphatic carbocycles. The predicted molar refractivity (Wildman–Crippen MR) is 179 cm³/mol. The maximum Gasteiger partial charge on any atom is -1.00 e. The van der Waals surface area contributed by atoms with Crippen molar-refractivity contribution in [3.63, 3.8) is 0 Å². The average molecular weight is 699 g/mol. The molecule has 6 rings (SSSR count). The quantitative estimate of drug-likeness (QED) is 0.290. The van der Waals surface area contributed by atoms with Gasteiger partial charge in [-0.2, -0.15) is 0 Å². The smallest absolute Gasteiger partial charge is 1.00 e. The van der Waals surface area contributed by atoms with E-state index in [1.165, 1.54) is 44.5 Å². The molecule has 3 heteroatoms. The predicted octanol–water partition coefficient (Wildman–Crippen LogP) is 4.71. The van der Waals surface area contributed by atoms with Gasteiger partial charge in [-0.05, 0) is 0 Å². The van der Waals surface area contributed by atoms with Crippen molar-refractivity contribution in [3.8, 4) is 11.1 Å². The second kappa shape index (κ2) is 13.2. The van der Waals surface area contributed by atoms with Crippen LogP contribution in [-0.2, 0) is 32.1 Å². The van der Waals surface area contributed by atoms with Crippen LogP contribution in [0.15, 0.2) is 106 Å². The Balaban J connectivity index is 0.00000221. The molecule has 0 atom stereocenters. The van der Waals surface area contributed by atoms with Gasteiger partial charge in [0.05, 0.1) is 0 Å². The monoisotopic (exact) mass is 696 g/mol. The molecule has 0 saturated heterocycles. The summed E-state index contributed by atoms with van der Waals surface area (Å²) in [5.74, 6) is 0. The van der Waals surface area contributed by atoms with Crippen molar-refractivity contribution < 1.29 is 46.1 Å². The molecule has 2 aliphatic rings. The molecule has 0 spiro atoms. The summed E-state index contributed by atoms with van der Waals surface area (Å²) in [5.41, 5.74) is 14.5. The Hall–Kier alpha value is -2.31. The summed E-state index contributed by atoms with van der Waals surface area (Å²) in [7, 11) is 0. The molecule has 0 heterocycles. The van der Waals surface area contributed by atoms with Crippen LogP contribution < -0.4 is 24.8 Å². The molecular formula is C41H44Cl2Zr. The van der Waals surface area contributed by atoms with Crippen LogP contribution in [0.4, 0.5) is 0 Å². The Kier molecular flexibility index (Phi) is 10.4. The molecule has 0 amide bonds. The molecule has 4 aromatic rings. The van der Waals surface area contributed by atoms with Crippen LogP contribution in [0.25, 0.3) is 11.1 Å². The Bertz CT molecular complexity index is 1640. The molecule has 4 aromatic carbocycles. The summed E-state index contributed by atoms with van der Waals surface area (Å²) in [6.45, 7) is 18.5. The standard InChI is InChI=1S/C21H25.C15H14.C5H5.2ClH.Zr/c1-20(2,3)16-7-9-18-14(12-16)11-15-13-17(21(4,5)6)8-10-19(15)18;1-12-3-7-14(8-4-12)11-15-9-5-13(2)6-10-15;1-2-4-5-3-1;;;/h7-13H,1-6H3;3-10H,1-2H3;1-3H,4H2;2*1H;/q;;;;;+2/p-2. The average Bonchev–Trinajstić information content (AvgIpc) is 3.58. The fourth-order valence-corrected chi connectivity index (χ4v) is 15.5. The topological polar surface area (TPSA) is 0 Å². The van der Waals surface area contributed by atoms with Crippen LogP contribution in [0.3, 0.4) is 0 Å². The SMILES string of the molecule is Cc1ccc([C](c2ccc(C)cc2)=[Zr+2]([C]2=CC=CC2)[CH]2c3cc(C(C)(C)C)ccc3-c3ccc(C(C)(C)C)cc32)cc1.[Cl-].[Cl-]. The minimum absolute atomic E-state index is 0. The van der Waals surface area contributed by atoms with Crippen molar-refractivity contribution in [1.82, 2.24) is 0 Å². The van der Waals surface area contributed by atoms with Gasteiger partial charge in [-0.15, -0.1) is 0 Å². The number of aryl methyl sites for hydroxylation is 2. The van der Waals surface area contributed by atoms with Crippen LogP contribution in [0.1, 0.15) is 96.1 Å². The van der Waals surface area contributed by atoms with Gasteiger partial charge in [0, 0.05) is 0 Å². The minimum Gasteiger partial charge on any atom is -1.00 e. The van der Waals surface area contributed by atoms with Gasteiger partial charge in [-0.25, -0.2) is 0 Å². The third-order valence-corrected chi connectivity index (χ3v) is 17.4. The van der Waals surface area contributed by atoms with Gasteiger partial charge in [0.15, 0.2) is 0 Å². The van der Waals surface area contributed by atoms with Crippen LogP contribution in [0.2, 0.25) is 0 Å². The van der Waals surface area contributed by atoms with Crippen LogP contribution in [0, 0.1) is 13.8 Å². The summed E-state index contributed by atoms with van der Waals surface area (Å²) in [5, 5.41) is 0. The Morgan fingerprint density at radius 2 is 1.05 bits per heavy atom. The zero-order valence-corrected chi connectivity index (χ0v) is 31.3. The van der Waals surface area contributed by atoms with E-state index >= 15 is 0 Å². The summed E-state index contributed by atoms with van der Waals surface area (Å²) in [6, 6.07) is 33.6. The van der Waals surface area contributed by atoms with Gasteiger partial charge in [0.25, 0.3) is 0 Å². The molecule has 226 valence electrons. The third kappa shape index (κ3) is 6.63. The fourth-order valence-electron chi connectivity index (χ4n) is 6.56.